The standard InChI is InChI=1S/C28H44O6/c1-6-7-8-9-10-11-12-13-17-20-28(23-18-15-14-16-19-23)33-24(26(29)31-21(2)3)25(34-28)27(30)32-22(4)5/h14-16,18-19,21-22,24-25H,6-13,17,20H2,1-5H3. The molecule has 0 saturated carbocycles. The van der Waals surface area contributed by atoms with E-state index in [0.717, 1.165) is 24.8 Å². The fourth-order valence-corrected chi connectivity index (χ4v) is 4.26. The predicted molar refractivity (Wildman–Crippen MR) is 132 cm³/mol. The number of rotatable bonds is 15. The first kappa shape index (κ1) is 28.3. The Morgan fingerprint density at radius 3 is 1.65 bits per heavy atom. The summed E-state index contributed by atoms with van der Waals surface area (Å²) in [6.45, 7) is 9.29. The molecule has 0 aromatic heterocycles. The van der Waals surface area contributed by atoms with Crippen LogP contribution >= 0.6 is 0 Å². The zero-order valence-electron chi connectivity index (χ0n) is 21.7. The lowest BCUT2D eigenvalue weighted by Crippen LogP contribution is -2.40. The van der Waals surface area contributed by atoms with E-state index in [0.29, 0.717) is 6.42 Å². The van der Waals surface area contributed by atoms with Crippen molar-refractivity contribution in [1.82, 2.24) is 0 Å². The number of carbonyl (C=O) groups excluding carboxylic acids is 2. The van der Waals surface area contributed by atoms with E-state index in [2.05, 4.69) is 6.92 Å². The third kappa shape index (κ3) is 8.70. The van der Waals surface area contributed by atoms with Crippen LogP contribution in [0.4, 0.5) is 0 Å². The summed E-state index contributed by atoms with van der Waals surface area (Å²) in [5.41, 5.74) is 0.789. The highest BCUT2D eigenvalue weighted by Crippen LogP contribution is 2.42. The summed E-state index contributed by atoms with van der Waals surface area (Å²) in [6.07, 6.45) is 8.26. The molecule has 34 heavy (non-hydrogen) atoms. The Kier molecular flexibility index (Phi) is 12.1. The van der Waals surface area contributed by atoms with Gasteiger partial charge in [-0.1, -0.05) is 88.6 Å². The van der Waals surface area contributed by atoms with Crippen LogP contribution < -0.4 is 0 Å². The molecule has 1 aromatic rings. The lowest BCUT2D eigenvalue weighted by atomic mass is 9.98. The van der Waals surface area contributed by atoms with Crippen molar-refractivity contribution in [2.45, 2.75) is 129 Å². The van der Waals surface area contributed by atoms with Crippen molar-refractivity contribution < 1.29 is 28.5 Å². The fraction of sp³-hybridized carbons (Fsp3) is 0.714. The van der Waals surface area contributed by atoms with Crippen molar-refractivity contribution in [3.8, 4) is 0 Å². The van der Waals surface area contributed by atoms with Gasteiger partial charge in [-0.15, -0.1) is 0 Å². The minimum atomic E-state index is -1.19. The Labute approximate surface area is 205 Å². The Morgan fingerprint density at radius 1 is 0.765 bits per heavy atom. The molecule has 1 fully saturated rings. The van der Waals surface area contributed by atoms with Gasteiger partial charge >= 0.3 is 11.9 Å². The number of hydrogen-bond acceptors (Lipinski definition) is 6. The van der Waals surface area contributed by atoms with Gasteiger partial charge in [-0.2, -0.15) is 0 Å². The van der Waals surface area contributed by atoms with E-state index in [-0.39, 0.29) is 12.2 Å². The molecule has 1 heterocycles. The molecule has 1 aromatic carbocycles. The summed E-state index contributed by atoms with van der Waals surface area (Å²) in [5.74, 6) is -2.40. The summed E-state index contributed by atoms with van der Waals surface area (Å²) in [4.78, 5) is 25.7. The van der Waals surface area contributed by atoms with Crippen molar-refractivity contribution in [3.05, 3.63) is 35.9 Å². The second-order valence-corrected chi connectivity index (χ2v) is 9.75. The molecular formula is C28H44O6. The summed E-state index contributed by atoms with van der Waals surface area (Å²) < 4.78 is 23.4. The maximum Gasteiger partial charge on any atom is 0.339 e. The SMILES string of the molecule is CCCCCCCCCCCC1(c2ccccc2)OC(C(=O)OC(C)C)C(C(=O)OC(C)C)O1. The van der Waals surface area contributed by atoms with Crippen LogP contribution in [0.3, 0.4) is 0 Å². The predicted octanol–water partition coefficient (Wildman–Crippen LogP) is 6.45. The first-order valence-corrected chi connectivity index (χ1v) is 13.1. The summed E-state index contributed by atoms with van der Waals surface area (Å²) >= 11 is 0. The van der Waals surface area contributed by atoms with E-state index in [1.807, 2.05) is 30.3 Å². The van der Waals surface area contributed by atoms with Crippen LogP contribution in [0.25, 0.3) is 0 Å². The molecule has 6 heteroatoms. The largest absolute Gasteiger partial charge is 0.461 e. The average Bonchev–Trinajstić information content (AvgIpc) is 3.19. The Hall–Kier alpha value is -1.92. The minimum absolute atomic E-state index is 0.332. The lowest BCUT2D eigenvalue weighted by Gasteiger charge is -2.28. The highest BCUT2D eigenvalue weighted by molar-refractivity contribution is 5.86. The van der Waals surface area contributed by atoms with E-state index in [9.17, 15) is 9.59 Å². The molecule has 0 amide bonds. The highest BCUT2D eigenvalue weighted by atomic mass is 16.8. The van der Waals surface area contributed by atoms with Gasteiger partial charge in [0.05, 0.1) is 12.2 Å². The van der Waals surface area contributed by atoms with Crippen LogP contribution in [0.5, 0.6) is 0 Å². The molecule has 1 aliphatic rings. The molecule has 0 spiro atoms. The molecule has 2 atom stereocenters. The number of hydrogen-bond donors (Lipinski definition) is 0. The highest BCUT2D eigenvalue weighted by Gasteiger charge is 2.55. The zero-order chi connectivity index (χ0) is 25.0. The topological polar surface area (TPSA) is 71.1 Å². The second kappa shape index (κ2) is 14.5. The quantitative estimate of drug-likeness (QED) is 0.214. The fourth-order valence-electron chi connectivity index (χ4n) is 4.26. The van der Waals surface area contributed by atoms with E-state index in [1.54, 1.807) is 27.7 Å². The van der Waals surface area contributed by atoms with E-state index in [4.69, 9.17) is 18.9 Å². The van der Waals surface area contributed by atoms with Crippen LogP contribution in [0.2, 0.25) is 0 Å². The maximum absolute atomic E-state index is 12.9. The molecule has 0 bridgehead atoms. The number of unbranched alkanes of at least 4 members (excludes halogenated alkanes) is 8. The van der Waals surface area contributed by atoms with E-state index < -0.39 is 29.9 Å². The summed E-state index contributed by atoms with van der Waals surface area (Å²) in [7, 11) is 0. The van der Waals surface area contributed by atoms with Gasteiger partial charge in [-0.25, -0.2) is 9.59 Å². The first-order chi connectivity index (χ1) is 16.3. The molecule has 0 radical (unpaired) electrons. The average molecular weight is 477 g/mol. The van der Waals surface area contributed by atoms with Crippen molar-refractivity contribution in [2.24, 2.45) is 0 Å². The Balaban J connectivity index is 2.11. The molecule has 2 unspecified atom stereocenters. The molecule has 1 aliphatic heterocycles. The monoisotopic (exact) mass is 476 g/mol. The molecule has 6 nitrogen and oxygen atoms in total. The summed E-state index contributed by atoms with van der Waals surface area (Å²) in [5, 5.41) is 0. The molecule has 2 rings (SSSR count). The number of ether oxygens (including phenoxy) is 4. The van der Waals surface area contributed by atoms with Gasteiger partial charge in [0.1, 0.15) is 0 Å². The Morgan fingerprint density at radius 2 is 1.21 bits per heavy atom. The van der Waals surface area contributed by atoms with Gasteiger partial charge in [0.2, 0.25) is 0 Å². The van der Waals surface area contributed by atoms with Crippen molar-refractivity contribution >= 4 is 11.9 Å². The normalized spacial score (nSPS) is 22.3. The first-order valence-electron chi connectivity index (χ1n) is 13.1. The van der Waals surface area contributed by atoms with Crippen molar-refractivity contribution in [3.63, 3.8) is 0 Å². The molecular weight excluding hydrogens is 432 g/mol. The van der Waals surface area contributed by atoms with Crippen LogP contribution in [0.15, 0.2) is 30.3 Å². The van der Waals surface area contributed by atoms with Gasteiger partial charge < -0.3 is 18.9 Å². The number of carbonyl (C=O) groups is 2. The smallest absolute Gasteiger partial charge is 0.339 e. The van der Waals surface area contributed by atoms with E-state index >= 15 is 0 Å². The maximum atomic E-state index is 12.9. The molecule has 192 valence electrons. The third-order valence-corrected chi connectivity index (χ3v) is 5.90. The van der Waals surface area contributed by atoms with Crippen molar-refractivity contribution in [2.75, 3.05) is 0 Å². The zero-order valence-corrected chi connectivity index (χ0v) is 21.7. The van der Waals surface area contributed by atoms with Gasteiger partial charge in [-0.3, -0.25) is 0 Å². The molecule has 0 N–H and O–H groups in total. The summed E-state index contributed by atoms with van der Waals surface area (Å²) in [6, 6.07) is 9.55. The third-order valence-electron chi connectivity index (χ3n) is 5.90. The van der Waals surface area contributed by atoms with Gasteiger partial charge in [0.15, 0.2) is 18.0 Å². The molecule has 0 aliphatic carbocycles. The second-order valence-electron chi connectivity index (χ2n) is 9.75. The van der Waals surface area contributed by atoms with Crippen molar-refractivity contribution in [1.29, 1.82) is 0 Å². The van der Waals surface area contributed by atoms with Crippen LogP contribution in [-0.4, -0.2) is 36.4 Å². The van der Waals surface area contributed by atoms with Crippen LogP contribution in [0, 0.1) is 0 Å². The van der Waals surface area contributed by atoms with Crippen LogP contribution in [0.1, 0.15) is 104 Å². The molecule has 1 saturated heterocycles. The number of benzene rings is 1. The lowest BCUT2D eigenvalue weighted by molar-refractivity contribution is -0.202. The van der Waals surface area contributed by atoms with Gasteiger partial charge in [-0.05, 0) is 34.1 Å². The van der Waals surface area contributed by atoms with Gasteiger partial charge in [0, 0.05) is 12.0 Å². The number of esters is 2. The van der Waals surface area contributed by atoms with E-state index in [1.165, 1.54) is 38.5 Å². The Bertz CT molecular complexity index is 700. The van der Waals surface area contributed by atoms with Gasteiger partial charge in [0.25, 0.3) is 0 Å². The minimum Gasteiger partial charge on any atom is -0.461 e. The van der Waals surface area contributed by atoms with Crippen LogP contribution in [-0.2, 0) is 34.3 Å².